The standard InChI is InChI=1S/C19H12N4O3/c1-26-15-7-3-2-6-14(15)23-17-13(10-12(11-20)18(23)24)19(25)22-9-5-4-8-16(22)21-17/h2-10H,1H3. The number of rotatable bonds is 2. The van der Waals surface area contributed by atoms with Gasteiger partial charge in [-0.3, -0.25) is 18.6 Å². The molecule has 0 saturated heterocycles. The molecular weight excluding hydrogens is 332 g/mol. The molecule has 26 heavy (non-hydrogen) atoms. The molecule has 0 aliphatic carbocycles. The number of hydrogen-bond acceptors (Lipinski definition) is 5. The minimum atomic E-state index is -0.559. The van der Waals surface area contributed by atoms with Crippen molar-refractivity contribution in [2.24, 2.45) is 0 Å². The predicted octanol–water partition coefficient (Wildman–Crippen LogP) is 1.88. The zero-order valence-electron chi connectivity index (χ0n) is 13.7. The predicted molar refractivity (Wildman–Crippen MR) is 95.8 cm³/mol. The topological polar surface area (TPSA) is 89.4 Å². The number of nitriles is 1. The lowest BCUT2D eigenvalue weighted by atomic mass is 10.2. The van der Waals surface area contributed by atoms with Gasteiger partial charge in [0.25, 0.3) is 11.1 Å². The summed E-state index contributed by atoms with van der Waals surface area (Å²) in [4.78, 5) is 30.2. The number of benzene rings is 1. The molecule has 0 spiro atoms. The van der Waals surface area contributed by atoms with E-state index in [1.807, 2.05) is 6.07 Å². The quantitative estimate of drug-likeness (QED) is 0.518. The zero-order valence-corrected chi connectivity index (χ0v) is 13.7. The van der Waals surface area contributed by atoms with E-state index in [2.05, 4.69) is 4.98 Å². The van der Waals surface area contributed by atoms with Crippen molar-refractivity contribution >= 4 is 16.7 Å². The van der Waals surface area contributed by atoms with Crippen LogP contribution < -0.4 is 15.9 Å². The third kappa shape index (κ3) is 2.17. The van der Waals surface area contributed by atoms with Gasteiger partial charge in [0.1, 0.15) is 23.0 Å². The minimum absolute atomic E-state index is 0.141. The molecule has 0 N–H and O–H groups in total. The second-order valence-corrected chi connectivity index (χ2v) is 5.57. The van der Waals surface area contributed by atoms with Crippen LogP contribution in [0.2, 0.25) is 0 Å². The molecule has 7 nitrogen and oxygen atoms in total. The summed E-state index contributed by atoms with van der Waals surface area (Å²) in [7, 11) is 1.48. The largest absolute Gasteiger partial charge is 0.495 e. The van der Waals surface area contributed by atoms with Crippen molar-refractivity contribution in [1.29, 1.82) is 5.26 Å². The van der Waals surface area contributed by atoms with E-state index in [-0.39, 0.29) is 22.2 Å². The summed E-state index contributed by atoms with van der Waals surface area (Å²) in [5.74, 6) is 0.432. The number of ether oxygens (including phenoxy) is 1. The van der Waals surface area contributed by atoms with E-state index >= 15 is 0 Å². The third-order valence-corrected chi connectivity index (χ3v) is 4.13. The monoisotopic (exact) mass is 344 g/mol. The van der Waals surface area contributed by atoms with Gasteiger partial charge in [0.15, 0.2) is 5.65 Å². The van der Waals surface area contributed by atoms with Crippen LogP contribution in [0.25, 0.3) is 22.4 Å². The van der Waals surface area contributed by atoms with Gasteiger partial charge in [0.2, 0.25) is 0 Å². The number of aromatic nitrogens is 3. The van der Waals surface area contributed by atoms with E-state index in [4.69, 9.17) is 4.74 Å². The average Bonchev–Trinajstić information content (AvgIpc) is 2.68. The first-order valence-electron chi connectivity index (χ1n) is 7.76. The maximum atomic E-state index is 12.9. The Bertz CT molecular complexity index is 1330. The Morgan fingerprint density at radius 3 is 2.62 bits per heavy atom. The van der Waals surface area contributed by atoms with Gasteiger partial charge in [-0.1, -0.05) is 18.2 Å². The lowest BCUT2D eigenvalue weighted by Crippen LogP contribution is -2.26. The molecule has 0 unspecified atom stereocenters. The Balaban J connectivity index is 2.29. The molecule has 0 bridgehead atoms. The van der Waals surface area contributed by atoms with Crippen molar-refractivity contribution in [2.45, 2.75) is 0 Å². The molecule has 0 aliphatic heterocycles. The molecule has 1 aromatic carbocycles. The molecule has 4 rings (SSSR count). The fourth-order valence-corrected chi connectivity index (χ4v) is 2.93. The van der Waals surface area contributed by atoms with Crippen LogP contribution >= 0.6 is 0 Å². The average molecular weight is 344 g/mol. The van der Waals surface area contributed by atoms with Gasteiger partial charge in [0.05, 0.1) is 18.2 Å². The molecule has 0 amide bonds. The van der Waals surface area contributed by atoms with Crippen LogP contribution in [0.15, 0.2) is 64.3 Å². The van der Waals surface area contributed by atoms with Crippen LogP contribution in [0.4, 0.5) is 0 Å². The van der Waals surface area contributed by atoms with Crippen molar-refractivity contribution in [3.63, 3.8) is 0 Å². The third-order valence-electron chi connectivity index (χ3n) is 4.13. The maximum Gasteiger partial charge on any atom is 0.274 e. The van der Waals surface area contributed by atoms with Gasteiger partial charge in [-0.05, 0) is 30.3 Å². The van der Waals surface area contributed by atoms with Crippen molar-refractivity contribution in [3.05, 3.63) is 81.0 Å². The molecule has 3 aromatic heterocycles. The van der Waals surface area contributed by atoms with Crippen molar-refractivity contribution in [2.75, 3.05) is 7.11 Å². The summed E-state index contributed by atoms with van der Waals surface area (Å²) in [6.45, 7) is 0. The highest BCUT2D eigenvalue weighted by atomic mass is 16.5. The van der Waals surface area contributed by atoms with E-state index in [1.165, 1.54) is 22.1 Å². The van der Waals surface area contributed by atoms with Crippen molar-refractivity contribution in [1.82, 2.24) is 14.0 Å². The smallest absolute Gasteiger partial charge is 0.274 e. The van der Waals surface area contributed by atoms with E-state index in [0.717, 1.165) is 0 Å². The number of methoxy groups -OCH3 is 1. The lowest BCUT2D eigenvalue weighted by molar-refractivity contribution is 0.413. The molecule has 3 heterocycles. The highest BCUT2D eigenvalue weighted by molar-refractivity contribution is 5.80. The normalized spacial score (nSPS) is 10.8. The van der Waals surface area contributed by atoms with Crippen LogP contribution in [0.5, 0.6) is 5.75 Å². The summed E-state index contributed by atoms with van der Waals surface area (Å²) in [5, 5.41) is 9.53. The Morgan fingerprint density at radius 2 is 1.85 bits per heavy atom. The highest BCUT2D eigenvalue weighted by Crippen LogP contribution is 2.23. The number of para-hydroxylation sites is 2. The van der Waals surface area contributed by atoms with Crippen LogP contribution in [0.3, 0.4) is 0 Å². The summed E-state index contributed by atoms with van der Waals surface area (Å²) in [6.07, 6.45) is 1.59. The van der Waals surface area contributed by atoms with Gasteiger partial charge in [0, 0.05) is 6.20 Å². The second kappa shape index (κ2) is 5.86. The first-order valence-corrected chi connectivity index (χ1v) is 7.76. The fourth-order valence-electron chi connectivity index (χ4n) is 2.93. The minimum Gasteiger partial charge on any atom is -0.495 e. The van der Waals surface area contributed by atoms with Crippen molar-refractivity contribution < 1.29 is 4.74 Å². The highest BCUT2D eigenvalue weighted by Gasteiger charge is 2.18. The van der Waals surface area contributed by atoms with Crippen LogP contribution in [-0.4, -0.2) is 21.1 Å². The van der Waals surface area contributed by atoms with Crippen LogP contribution in [-0.2, 0) is 0 Å². The van der Waals surface area contributed by atoms with Gasteiger partial charge in [-0.2, -0.15) is 5.26 Å². The zero-order chi connectivity index (χ0) is 18.3. The van der Waals surface area contributed by atoms with Gasteiger partial charge < -0.3 is 4.74 Å². The summed E-state index contributed by atoms with van der Waals surface area (Å²) in [6, 6.07) is 15.2. The number of nitrogens with zero attached hydrogens (tertiary/aromatic N) is 4. The first kappa shape index (κ1) is 15.6. The lowest BCUT2D eigenvalue weighted by Gasteiger charge is -2.14. The van der Waals surface area contributed by atoms with Gasteiger partial charge >= 0.3 is 0 Å². The summed E-state index contributed by atoms with van der Waals surface area (Å²) < 4.78 is 7.97. The van der Waals surface area contributed by atoms with Gasteiger partial charge in [-0.25, -0.2) is 4.98 Å². The molecule has 126 valence electrons. The summed E-state index contributed by atoms with van der Waals surface area (Å²) >= 11 is 0. The number of fused-ring (bicyclic) bond motifs is 2. The number of hydrogen-bond donors (Lipinski definition) is 0. The molecule has 4 aromatic rings. The van der Waals surface area contributed by atoms with E-state index in [0.29, 0.717) is 17.1 Å². The van der Waals surface area contributed by atoms with Crippen molar-refractivity contribution in [3.8, 4) is 17.5 Å². The van der Waals surface area contributed by atoms with Crippen LogP contribution in [0, 0.1) is 11.3 Å². The van der Waals surface area contributed by atoms with E-state index < -0.39 is 5.56 Å². The number of pyridine rings is 2. The molecule has 0 atom stereocenters. The summed E-state index contributed by atoms with van der Waals surface area (Å²) in [5.41, 5.74) is -0.0673. The SMILES string of the molecule is COc1ccccc1-n1c(=O)c(C#N)cc2c(=O)n3ccccc3nc21. The molecule has 0 fully saturated rings. The Labute approximate surface area is 147 Å². The Morgan fingerprint density at radius 1 is 1.08 bits per heavy atom. The second-order valence-electron chi connectivity index (χ2n) is 5.57. The molecule has 0 saturated carbocycles. The maximum absolute atomic E-state index is 12.9. The van der Waals surface area contributed by atoms with Gasteiger partial charge in [-0.15, -0.1) is 0 Å². The fraction of sp³-hybridized carbons (Fsp3) is 0.0526. The molecule has 7 heteroatoms. The molecular formula is C19H12N4O3. The Hall–Kier alpha value is -3.92. The van der Waals surface area contributed by atoms with E-state index in [9.17, 15) is 14.9 Å². The molecule has 0 aliphatic rings. The van der Waals surface area contributed by atoms with Crippen LogP contribution in [0.1, 0.15) is 5.56 Å². The van der Waals surface area contributed by atoms with E-state index in [1.54, 1.807) is 48.7 Å². The Kier molecular flexibility index (Phi) is 3.52. The molecule has 0 radical (unpaired) electrons. The first-order chi connectivity index (χ1) is 12.7.